The minimum absolute atomic E-state index is 0.0511. The Morgan fingerprint density at radius 3 is 2.52 bits per heavy atom. The molecule has 0 N–H and O–H groups in total. The van der Waals surface area contributed by atoms with Crippen molar-refractivity contribution < 1.29 is 13.9 Å². The summed E-state index contributed by atoms with van der Waals surface area (Å²) in [6.07, 6.45) is 0.898. The van der Waals surface area contributed by atoms with Gasteiger partial charge in [0.15, 0.2) is 0 Å². The van der Waals surface area contributed by atoms with Gasteiger partial charge in [-0.25, -0.2) is 4.39 Å². The maximum Gasteiger partial charge on any atom is 0.223 e. The summed E-state index contributed by atoms with van der Waals surface area (Å²) in [5, 5.41) is 0. The smallest absolute Gasteiger partial charge is 0.223 e. The SMILES string of the molecule is COCCN(Cc1ccccc1)C(=O)CCc1cccc(F)c1. The van der Waals surface area contributed by atoms with Crippen LogP contribution in [0.4, 0.5) is 4.39 Å². The van der Waals surface area contributed by atoms with Crippen LogP contribution in [-0.2, 0) is 22.5 Å². The standard InChI is InChI=1S/C19H22FNO2/c1-23-13-12-21(15-17-6-3-2-4-7-17)19(22)11-10-16-8-5-9-18(20)14-16/h2-9,14H,10-13,15H2,1H3. The summed E-state index contributed by atoms with van der Waals surface area (Å²) < 4.78 is 18.3. The van der Waals surface area contributed by atoms with Gasteiger partial charge in [0.25, 0.3) is 0 Å². The van der Waals surface area contributed by atoms with Crippen molar-refractivity contribution in [3.8, 4) is 0 Å². The number of methoxy groups -OCH3 is 1. The third-order valence-corrected chi connectivity index (χ3v) is 3.65. The maximum atomic E-state index is 13.2. The highest BCUT2D eigenvalue weighted by atomic mass is 19.1. The molecule has 0 aliphatic carbocycles. The van der Waals surface area contributed by atoms with E-state index in [1.165, 1.54) is 12.1 Å². The molecular weight excluding hydrogens is 293 g/mol. The predicted molar refractivity (Wildman–Crippen MR) is 88.5 cm³/mol. The summed E-state index contributed by atoms with van der Waals surface area (Å²) in [6, 6.07) is 16.3. The Morgan fingerprint density at radius 1 is 1.09 bits per heavy atom. The van der Waals surface area contributed by atoms with Crippen LogP contribution in [0.2, 0.25) is 0 Å². The molecular formula is C19H22FNO2. The van der Waals surface area contributed by atoms with Gasteiger partial charge >= 0.3 is 0 Å². The number of ether oxygens (including phenoxy) is 1. The number of hydrogen-bond donors (Lipinski definition) is 0. The second kappa shape index (κ2) is 9.06. The van der Waals surface area contributed by atoms with Crippen LogP contribution < -0.4 is 0 Å². The number of carbonyl (C=O) groups excluding carboxylic acids is 1. The summed E-state index contributed by atoms with van der Waals surface area (Å²) in [6.45, 7) is 1.61. The second-order valence-corrected chi connectivity index (χ2v) is 5.42. The van der Waals surface area contributed by atoms with E-state index in [0.717, 1.165) is 11.1 Å². The van der Waals surface area contributed by atoms with Gasteiger partial charge in [-0.05, 0) is 29.7 Å². The van der Waals surface area contributed by atoms with Crippen LogP contribution in [0, 0.1) is 5.82 Å². The zero-order valence-corrected chi connectivity index (χ0v) is 13.4. The summed E-state index contributed by atoms with van der Waals surface area (Å²) in [5.74, 6) is -0.217. The van der Waals surface area contributed by atoms with E-state index in [4.69, 9.17) is 4.74 Å². The molecule has 2 rings (SSSR count). The Kier molecular flexibility index (Phi) is 6.76. The molecule has 4 heteroatoms. The summed E-state index contributed by atoms with van der Waals surface area (Å²) in [7, 11) is 1.62. The van der Waals surface area contributed by atoms with Crippen molar-refractivity contribution in [1.29, 1.82) is 0 Å². The van der Waals surface area contributed by atoms with Gasteiger partial charge in [-0.1, -0.05) is 42.5 Å². The van der Waals surface area contributed by atoms with Crippen LogP contribution in [0.3, 0.4) is 0 Å². The number of benzene rings is 2. The van der Waals surface area contributed by atoms with Crippen LogP contribution in [0.15, 0.2) is 54.6 Å². The maximum absolute atomic E-state index is 13.2. The van der Waals surface area contributed by atoms with E-state index in [9.17, 15) is 9.18 Å². The molecule has 0 saturated heterocycles. The van der Waals surface area contributed by atoms with Gasteiger partial charge in [-0.15, -0.1) is 0 Å². The fourth-order valence-corrected chi connectivity index (χ4v) is 2.40. The molecule has 0 heterocycles. The molecule has 0 atom stereocenters. The summed E-state index contributed by atoms with van der Waals surface area (Å²) in [4.78, 5) is 14.3. The molecule has 0 spiro atoms. The predicted octanol–water partition coefficient (Wildman–Crippen LogP) is 3.43. The fraction of sp³-hybridized carbons (Fsp3) is 0.316. The van der Waals surface area contributed by atoms with E-state index in [0.29, 0.717) is 32.5 Å². The number of nitrogens with zero attached hydrogens (tertiary/aromatic N) is 1. The molecule has 0 saturated carbocycles. The number of hydrogen-bond acceptors (Lipinski definition) is 2. The lowest BCUT2D eigenvalue weighted by molar-refractivity contribution is -0.132. The number of carbonyl (C=O) groups is 1. The minimum Gasteiger partial charge on any atom is -0.383 e. The lowest BCUT2D eigenvalue weighted by atomic mass is 10.1. The van der Waals surface area contributed by atoms with Crippen molar-refractivity contribution in [2.75, 3.05) is 20.3 Å². The van der Waals surface area contributed by atoms with Gasteiger partial charge in [-0.2, -0.15) is 0 Å². The topological polar surface area (TPSA) is 29.5 Å². The molecule has 0 fully saturated rings. The molecule has 0 bridgehead atoms. The first-order chi connectivity index (χ1) is 11.2. The first-order valence-electron chi connectivity index (χ1n) is 7.74. The van der Waals surface area contributed by atoms with E-state index < -0.39 is 0 Å². The number of halogens is 1. The Morgan fingerprint density at radius 2 is 1.83 bits per heavy atom. The third-order valence-electron chi connectivity index (χ3n) is 3.65. The van der Waals surface area contributed by atoms with Gasteiger partial charge in [-0.3, -0.25) is 4.79 Å². The fourth-order valence-electron chi connectivity index (χ4n) is 2.40. The zero-order chi connectivity index (χ0) is 16.5. The van der Waals surface area contributed by atoms with E-state index in [1.807, 2.05) is 36.4 Å². The highest BCUT2D eigenvalue weighted by Crippen LogP contribution is 2.10. The molecule has 3 nitrogen and oxygen atoms in total. The first kappa shape index (κ1) is 17.2. The molecule has 1 amide bonds. The lowest BCUT2D eigenvalue weighted by Gasteiger charge is -2.22. The monoisotopic (exact) mass is 315 g/mol. The van der Waals surface area contributed by atoms with Crippen LogP contribution in [0.5, 0.6) is 0 Å². The van der Waals surface area contributed by atoms with Gasteiger partial charge in [0, 0.05) is 26.6 Å². The number of rotatable bonds is 8. The molecule has 0 aliphatic heterocycles. The highest BCUT2D eigenvalue weighted by molar-refractivity contribution is 5.76. The van der Waals surface area contributed by atoms with Crippen LogP contribution in [-0.4, -0.2) is 31.1 Å². The van der Waals surface area contributed by atoms with Gasteiger partial charge < -0.3 is 9.64 Å². The van der Waals surface area contributed by atoms with Crippen molar-refractivity contribution in [3.05, 3.63) is 71.5 Å². The van der Waals surface area contributed by atoms with Crippen LogP contribution in [0.25, 0.3) is 0 Å². The van der Waals surface area contributed by atoms with E-state index in [-0.39, 0.29) is 11.7 Å². The van der Waals surface area contributed by atoms with Crippen molar-refractivity contribution >= 4 is 5.91 Å². The minimum atomic E-state index is -0.268. The highest BCUT2D eigenvalue weighted by Gasteiger charge is 2.14. The van der Waals surface area contributed by atoms with Crippen LogP contribution in [0.1, 0.15) is 17.5 Å². The number of aryl methyl sites for hydroxylation is 1. The Balaban J connectivity index is 1.95. The largest absolute Gasteiger partial charge is 0.383 e. The molecule has 2 aromatic rings. The van der Waals surface area contributed by atoms with Crippen molar-refractivity contribution in [1.82, 2.24) is 4.90 Å². The average molecular weight is 315 g/mol. The average Bonchev–Trinajstić information content (AvgIpc) is 2.57. The molecule has 0 aromatic heterocycles. The molecule has 0 aliphatic rings. The van der Waals surface area contributed by atoms with Crippen molar-refractivity contribution in [3.63, 3.8) is 0 Å². The summed E-state index contributed by atoms with van der Waals surface area (Å²) in [5.41, 5.74) is 1.92. The Hall–Kier alpha value is -2.20. The van der Waals surface area contributed by atoms with Crippen molar-refractivity contribution in [2.24, 2.45) is 0 Å². The Bertz CT molecular complexity index is 616. The molecule has 0 unspecified atom stereocenters. The molecule has 23 heavy (non-hydrogen) atoms. The van der Waals surface area contributed by atoms with Crippen molar-refractivity contribution in [2.45, 2.75) is 19.4 Å². The summed E-state index contributed by atoms with van der Waals surface area (Å²) >= 11 is 0. The van der Waals surface area contributed by atoms with Crippen LogP contribution >= 0.6 is 0 Å². The number of amides is 1. The third kappa shape index (κ3) is 5.83. The van der Waals surface area contributed by atoms with E-state index in [1.54, 1.807) is 18.1 Å². The Labute approximate surface area is 136 Å². The van der Waals surface area contributed by atoms with Gasteiger partial charge in [0.05, 0.1) is 6.61 Å². The van der Waals surface area contributed by atoms with Gasteiger partial charge in [0.2, 0.25) is 5.91 Å². The molecule has 2 aromatic carbocycles. The van der Waals surface area contributed by atoms with E-state index >= 15 is 0 Å². The van der Waals surface area contributed by atoms with Gasteiger partial charge in [0.1, 0.15) is 5.82 Å². The molecule has 0 radical (unpaired) electrons. The first-order valence-corrected chi connectivity index (χ1v) is 7.74. The zero-order valence-electron chi connectivity index (χ0n) is 13.4. The molecule has 122 valence electrons. The van der Waals surface area contributed by atoms with E-state index in [2.05, 4.69) is 0 Å². The second-order valence-electron chi connectivity index (χ2n) is 5.42. The normalized spacial score (nSPS) is 10.5. The quantitative estimate of drug-likeness (QED) is 0.747. The lowest BCUT2D eigenvalue weighted by Crippen LogP contribution is -2.33.